The normalized spacial score (nSPS) is 17.8. The van der Waals surface area contributed by atoms with Gasteiger partial charge in [-0.25, -0.2) is 0 Å². The van der Waals surface area contributed by atoms with Gasteiger partial charge in [-0.1, -0.05) is 18.2 Å². The van der Waals surface area contributed by atoms with Crippen molar-refractivity contribution in [3.8, 4) is 11.8 Å². The lowest BCUT2D eigenvalue weighted by Gasteiger charge is -2.59. The van der Waals surface area contributed by atoms with Gasteiger partial charge in [0, 0.05) is 24.2 Å². The summed E-state index contributed by atoms with van der Waals surface area (Å²) >= 11 is 0. The maximum Gasteiger partial charge on any atom is 0.119 e. The largest absolute Gasteiger partial charge is 0.490 e. The van der Waals surface area contributed by atoms with Crippen LogP contribution in [-0.2, 0) is 0 Å². The quantitative estimate of drug-likeness (QED) is 0.849. The molecule has 0 atom stereocenters. The van der Waals surface area contributed by atoms with Crippen LogP contribution in [0.5, 0.6) is 5.75 Å². The van der Waals surface area contributed by atoms with Crippen molar-refractivity contribution in [3.63, 3.8) is 0 Å². The van der Waals surface area contributed by atoms with Gasteiger partial charge in [0.15, 0.2) is 0 Å². The molecular formula is C20H21FN2O. The van der Waals surface area contributed by atoms with E-state index >= 15 is 0 Å². The highest BCUT2D eigenvalue weighted by atomic mass is 19.1. The van der Waals surface area contributed by atoms with E-state index in [-0.39, 0.29) is 0 Å². The Hall–Kier alpha value is -2.54. The standard InChI is InChI=1S/C19H18N2O.CH3F/c20-12-15-6-8-16(9-7-15)21-13-19(14-21)10-18(11-19)22-17-4-2-1-3-5-17;1-2/h1-9,18H,10-11,13-14H2;1H3. The molecule has 2 aromatic rings. The van der Waals surface area contributed by atoms with E-state index in [0.29, 0.717) is 18.7 Å². The zero-order valence-corrected chi connectivity index (χ0v) is 13.8. The lowest BCUT2D eigenvalue weighted by Crippen LogP contribution is -2.64. The molecule has 124 valence electrons. The first-order valence-corrected chi connectivity index (χ1v) is 8.11. The van der Waals surface area contributed by atoms with Crippen LogP contribution in [0, 0.1) is 16.7 Å². The molecule has 0 aromatic heterocycles. The Balaban J connectivity index is 0.000000815. The molecule has 1 saturated heterocycles. The van der Waals surface area contributed by atoms with Gasteiger partial charge in [0.2, 0.25) is 0 Å². The van der Waals surface area contributed by atoms with Crippen LogP contribution in [-0.4, -0.2) is 26.4 Å². The Kier molecular flexibility index (Phi) is 4.71. The average molecular weight is 324 g/mol. The summed E-state index contributed by atoms with van der Waals surface area (Å²) in [7, 11) is 0.500. The number of benzene rings is 2. The summed E-state index contributed by atoms with van der Waals surface area (Å²) in [5.41, 5.74) is 2.39. The number of anilines is 1. The zero-order chi connectivity index (χ0) is 17.0. The van der Waals surface area contributed by atoms with Crippen molar-refractivity contribution in [2.45, 2.75) is 18.9 Å². The van der Waals surface area contributed by atoms with Crippen molar-refractivity contribution < 1.29 is 9.13 Å². The van der Waals surface area contributed by atoms with Gasteiger partial charge >= 0.3 is 0 Å². The Bertz CT molecular complexity index is 695. The van der Waals surface area contributed by atoms with Crippen LogP contribution < -0.4 is 9.64 Å². The minimum Gasteiger partial charge on any atom is -0.490 e. The number of hydrogen-bond acceptors (Lipinski definition) is 3. The monoisotopic (exact) mass is 324 g/mol. The van der Waals surface area contributed by atoms with Gasteiger partial charge in [-0.3, -0.25) is 4.39 Å². The Labute approximate surface area is 142 Å². The summed E-state index contributed by atoms with van der Waals surface area (Å²) in [4.78, 5) is 2.39. The topological polar surface area (TPSA) is 36.3 Å². The molecule has 0 amide bonds. The molecule has 2 aliphatic rings. The minimum absolute atomic E-state index is 0.366. The maximum atomic E-state index is 9.50. The summed E-state index contributed by atoms with van der Waals surface area (Å²) in [5, 5.41) is 8.84. The summed E-state index contributed by atoms with van der Waals surface area (Å²) < 4.78 is 15.5. The highest BCUT2D eigenvalue weighted by molar-refractivity contribution is 5.53. The fourth-order valence-electron chi connectivity index (χ4n) is 3.63. The average Bonchev–Trinajstić information content (AvgIpc) is 2.59. The second-order valence-corrected chi connectivity index (χ2v) is 6.48. The smallest absolute Gasteiger partial charge is 0.119 e. The number of halogens is 1. The van der Waals surface area contributed by atoms with Crippen LogP contribution in [0.2, 0.25) is 0 Å². The minimum atomic E-state index is 0.366. The maximum absolute atomic E-state index is 9.50. The van der Waals surface area contributed by atoms with Gasteiger partial charge < -0.3 is 9.64 Å². The third-order valence-corrected chi connectivity index (χ3v) is 4.78. The first-order valence-electron chi connectivity index (χ1n) is 8.11. The molecule has 0 radical (unpaired) electrons. The van der Waals surface area contributed by atoms with Gasteiger partial charge in [0.05, 0.1) is 18.8 Å². The Morgan fingerprint density at radius 3 is 2.25 bits per heavy atom. The summed E-state index contributed by atoms with van der Waals surface area (Å²) in [6.07, 6.45) is 2.66. The second-order valence-electron chi connectivity index (χ2n) is 6.48. The molecule has 1 aliphatic carbocycles. The number of alkyl halides is 1. The second kappa shape index (κ2) is 6.92. The van der Waals surface area contributed by atoms with Crippen molar-refractivity contribution in [2.24, 2.45) is 5.41 Å². The fraction of sp³-hybridized carbons (Fsp3) is 0.350. The summed E-state index contributed by atoms with van der Waals surface area (Å²) in [5.74, 6) is 0.977. The van der Waals surface area contributed by atoms with Crippen molar-refractivity contribution in [1.82, 2.24) is 0 Å². The van der Waals surface area contributed by atoms with Gasteiger partial charge in [0.1, 0.15) is 11.9 Å². The number of hydrogen-bond donors (Lipinski definition) is 0. The van der Waals surface area contributed by atoms with Gasteiger partial charge in [-0.05, 0) is 49.2 Å². The van der Waals surface area contributed by atoms with Crippen LogP contribution in [0.1, 0.15) is 18.4 Å². The van der Waals surface area contributed by atoms with E-state index in [2.05, 4.69) is 11.0 Å². The first-order chi connectivity index (χ1) is 11.8. The molecule has 0 N–H and O–H groups in total. The molecule has 1 aliphatic heterocycles. The van der Waals surface area contributed by atoms with Gasteiger partial charge in [0.25, 0.3) is 0 Å². The molecule has 4 rings (SSSR count). The predicted octanol–water partition coefficient (Wildman–Crippen LogP) is 4.19. The molecule has 4 heteroatoms. The lowest BCUT2D eigenvalue weighted by molar-refractivity contribution is -0.0340. The zero-order valence-electron chi connectivity index (χ0n) is 13.8. The van der Waals surface area contributed by atoms with E-state index in [9.17, 15) is 4.39 Å². The van der Waals surface area contributed by atoms with Gasteiger partial charge in [-0.2, -0.15) is 5.26 Å². The third-order valence-electron chi connectivity index (χ3n) is 4.78. The highest BCUT2D eigenvalue weighted by Crippen LogP contribution is 2.50. The molecule has 24 heavy (non-hydrogen) atoms. The SMILES string of the molecule is CF.N#Cc1ccc(N2CC3(CC(Oc4ccccc4)C3)C2)cc1. The van der Waals surface area contributed by atoms with Crippen LogP contribution in [0.3, 0.4) is 0 Å². The highest BCUT2D eigenvalue weighted by Gasteiger charge is 2.53. The molecule has 1 spiro atoms. The Morgan fingerprint density at radius 1 is 1.04 bits per heavy atom. The first kappa shape index (κ1) is 16.3. The molecule has 1 saturated carbocycles. The Morgan fingerprint density at radius 2 is 1.67 bits per heavy atom. The van der Waals surface area contributed by atoms with E-state index < -0.39 is 0 Å². The number of nitriles is 1. The number of nitrogens with zero attached hydrogens (tertiary/aromatic N) is 2. The fourth-order valence-corrected chi connectivity index (χ4v) is 3.63. The lowest BCUT2D eigenvalue weighted by atomic mass is 9.61. The molecule has 0 bridgehead atoms. The van der Waals surface area contributed by atoms with E-state index in [1.807, 2.05) is 54.6 Å². The van der Waals surface area contributed by atoms with Crippen molar-refractivity contribution in [2.75, 3.05) is 25.2 Å². The van der Waals surface area contributed by atoms with Crippen LogP contribution in [0.4, 0.5) is 10.1 Å². The van der Waals surface area contributed by atoms with E-state index in [0.717, 1.165) is 37.2 Å². The number of para-hydroxylation sites is 1. The number of rotatable bonds is 3. The van der Waals surface area contributed by atoms with Crippen LogP contribution in [0.15, 0.2) is 54.6 Å². The van der Waals surface area contributed by atoms with Crippen molar-refractivity contribution in [1.29, 1.82) is 5.26 Å². The predicted molar refractivity (Wildman–Crippen MR) is 92.9 cm³/mol. The molecule has 0 unspecified atom stereocenters. The van der Waals surface area contributed by atoms with E-state index in [1.54, 1.807) is 0 Å². The van der Waals surface area contributed by atoms with E-state index in [4.69, 9.17) is 10.00 Å². The van der Waals surface area contributed by atoms with E-state index in [1.165, 1.54) is 5.69 Å². The van der Waals surface area contributed by atoms with Crippen LogP contribution in [0.25, 0.3) is 0 Å². The van der Waals surface area contributed by atoms with Gasteiger partial charge in [-0.15, -0.1) is 0 Å². The molecule has 3 nitrogen and oxygen atoms in total. The van der Waals surface area contributed by atoms with Crippen molar-refractivity contribution >= 4 is 5.69 Å². The van der Waals surface area contributed by atoms with Crippen molar-refractivity contribution in [3.05, 3.63) is 60.2 Å². The third kappa shape index (κ3) is 3.21. The summed E-state index contributed by atoms with van der Waals surface area (Å²) in [6, 6.07) is 20.1. The van der Waals surface area contributed by atoms with Crippen LogP contribution >= 0.6 is 0 Å². The number of ether oxygens (including phenoxy) is 1. The molecule has 1 heterocycles. The summed E-state index contributed by atoms with van der Waals surface area (Å²) in [6.45, 7) is 2.21. The molecule has 2 fully saturated rings. The molecule has 2 aromatic carbocycles. The molecular weight excluding hydrogens is 303 g/mol.